The maximum Gasteiger partial charge on any atom is 0.0575 e. The van der Waals surface area contributed by atoms with E-state index in [1.54, 1.807) is 0 Å². The van der Waals surface area contributed by atoms with Crippen LogP contribution in [-0.2, 0) is 0 Å². The molecule has 0 saturated carbocycles. The fraction of sp³-hybridized carbons (Fsp3) is 0.444. The van der Waals surface area contributed by atoms with Crippen molar-refractivity contribution in [2.45, 2.75) is 19.4 Å². The summed E-state index contributed by atoms with van der Waals surface area (Å²) in [7, 11) is 0. The maximum absolute atomic E-state index is 8.66. The van der Waals surface area contributed by atoms with Crippen LogP contribution in [0.1, 0.15) is 23.9 Å². The van der Waals surface area contributed by atoms with Crippen LogP contribution in [0.3, 0.4) is 0 Å². The highest BCUT2D eigenvalue weighted by molar-refractivity contribution is 5.12. The van der Waals surface area contributed by atoms with Gasteiger partial charge in [-0.3, -0.25) is 4.98 Å². The fourth-order valence-corrected chi connectivity index (χ4v) is 1.06. The van der Waals surface area contributed by atoms with E-state index < -0.39 is 0 Å². The molecule has 0 spiro atoms. The Morgan fingerprint density at radius 3 is 2.92 bits per heavy atom. The molecule has 1 aromatic heterocycles. The molecule has 1 atom stereocenters. The van der Waals surface area contributed by atoms with E-state index in [9.17, 15) is 0 Å². The number of pyridine rings is 1. The van der Waals surface area contributed by atoms with Crippen molar-refractivity contribution in [1.82, 2.24) is 4.98 Å². The average Bonchev–Trinajstić information content (AvgIpc) is 2.05. The molecule has 0 amide bonds. The number of aliphatic hydroxyl groups excluding tert-OH is 1. The zero-order valence-corrected chi connectivity index (χ0v) is 7.20. The van der Waals surface area contributed by atoms with E-state index in [-0.39, 0.29) is 12.6 Å². The maximum atomic E-state index is 8.66. The Bertz CT molecular complexity index is 250. The average molecular weight is 166 g/mol. The van der Waals surface area contributed by atoms with Gasteiger partial charge in [0.2, 0.25) is 0 Å². The van der Waals surface area contributed by atoms with Crippen molar-refractivity contribution < 1.29 is 5.11 Å². The van der Waals surface area contributed by atoms with Gasteiger partial charge in [0.25, 0.3) is 0 Å². The second kappa shape index (κ2) is 4.18. The first-order valence-corrected chi connectivity index (χ1v) is 4.04. The van der Waals surface area contributed by atoms with Gasteiger partial charge < -0.3 is 10.8 Å². The lowest BCUT2D eigenvalue weighted by molar-refractivity contribution is 0.275. The zero-order valence-electron chi connectivity index (χ0n) is 7.20. The Labute approximate surface area is 72.2 Å². The number of aryl methyl sites for hydroxylation is 1. The molecule has 3 nitrogen and oxygen atoms in total. The lowest BCUT2D eigenvalue weighted by Crippen LogP contribution is -2.13. The molecule has 0 radical (unpaired) electrons. The molecule has 0 unspecified atom stereocenters. The van der Waals surface area contributed by atoms with Crippen molar-refractivity contribution in [3.8, 4) is 0 Å². The second-order valence-corrected chi connectivity index (χ2v) is 2.82. The van der Waals surface area contributed by atoms with Crippen LogP contribution in [0.4, 0.5) is 0 Å². The number of hydrogen-bond acceptors (Lipinski definition) is 3. The summed E-state index contributed by atoms with van der Waals surface area (Å²) in [5.74, 6) is 0. The van der Waals surface area contributed by atoms with E-state index in [4.69, 9.17) is 10.8 Å². The van der Waals surface area contributed by atoms with Crippen molar-refractivity contribution in [2.24, 2.45) is 5.73 Å². The number of nitrogens with two attached hydrogens (primary N) is 1. The number of hydrogen-bond donors (Lipinski definition) is 2. The summed E-state index contributed by atoms with van der Waals surface area (Å²) in [6.07, 6.45) is 0.566. The molecule has 1 aromatic rings. The highest BCUT2D eigenvalue weighted by Crippen LogP contribution is 2.10. The predicted octanol–water partition coefficient (Wildman–Crippen LogP) is 0.772. The topological polar surface area (TPSA) is 59.1 Å². The molecule has 66 valence electrons. The summed E-state index contributed by atoms with van der Waals surface area (Å²) in [6.45, 7) is 2.03. The Morgan fingerprint density at radius 2 is 2.33 bits per heavy atom. The van der Waals surface area contributed by atoms with Crippen LogP contribution in [0.15, 0.2) is 18.2 Å². The third kappa shape index (κ3) is 2.29. The first-order chi connectivity index (χ1) is 5.74. The molecule has 12 heavy (non-hydrogen) atoms. The van der Waals surface area contributed by atoms with Gasteiger partial charge >= 0.3 is 0 Å². The minimum Gasteiger partial charge on any atom is -0.396 e. The van der Waals surface area contributed by atoms with Crippen LogP contribution < -0.4 is 5.73 Å². The normalized spacial score (nSPS) is 12.9. The van der Waals surface area contributed by atoms with E-state index in [2.05, 4.69) is 4.98 Å². The number of nitrogens with zero attached hydrogens (tertiary/aromatic N) is 1. The Morgan fingerprint density at radius 1 is 1.58 bits per heavy atom. The van der Waals surface area contributed by atoms with Gasteiger partial charge in [-0.1, -0.05) is 6.07 Å². The molecule has 0 aliphatic carbocycles. The van der Waals surface area contributed by atoms with Gasteiger partial charge in [0.15, 0.2) is 0 Å². The zero-order chi connectivity index (χ0) is 8.97. The molecule has 3 N–H and O–H groups in total. The first kappa shape index (κ1) is 9.16. The standard InChI is InChI=1S/C9H14N2O/c1-7-3-2-4-9(11-7)8(10)5-6-12/h2-4,8,12H,5-6,10H2,1H3/t8-/m0/s1. The molecule has 0 aliphatic rings. The van der Waals surface area contributed by atoms with E-state index >= 15 is 0 Å². The predicted molar refractivity (Wildman–Crippen MR) is 47.6 cm³/mol. The Balaban J connectivity index is 2.73. The summed E-state index contributed by atoms with van der Waals surface area (Å²) < 4.78 is 0. The molecule has 0 fully saturated rings. The molecule has 1 heterocycles. The summed E-state index contributed by atoms with van der Waals surface area (Å²) in [5.41, 5.74) is 7.56. The minimum atomic E-state index is -0.144. The summed E-state index contributed by atoms with van der Waals surface area (Å²) in [4.78, 5) is 4.26. The van der Waals surface area contributed by atoms with E-state index in [1.165, 1.54) is 0 Å². The quantitative estimate of drug-likeness (QED) is 0.697. The Hall–Kier alpha value is -0.930. The second-order valence-electron chi connectivity index (χ2n) is 2.82. The molecule has 0 aromatic carbocycles. The third-order valence-corrected chi connectivity index (χ3v) is 1.73. The van der Waals surface area contributed by atoms with Gasteiger partial charge in [-0.15, -0.1) is 0 Å². The molecule has 3 heteroatoms. The van der Waals surface area contributed by atoms with E-state index in [0.717, 1.165) is 11.4 Å². The van der Waals surface area contributed by atoms with Gasteiger partial charge in [-0.25, -0.2) is 0 Å². The summed E-state index contributed by atoms with van der Waals surface area (Å²) in [5, 5.41) is 8.66. The SMILES string of the molecule is Cc1cccc([C@@H](N)CCO)n1. The number of rotatable bonds is 3. The van der Waals surface area contributed by atoms with Gasteiger partial charge in [0.05, 0.1) is 5.69 Å². The van der Waals surface area contributed by atoms with Crippen LogP contribution in [0.25, 0.3) is 0 Å². The van der Waals surface area contributed by atoms with Gasteiger partial charge in [0, 0.05) is 18.3 Å². The van der Waals surface area contributed by atoms with Crippen LogP contribution in [0, 0.1) is 6.92 Å². The largest absolute Gasteiger partial charge is 0.396 e. The lowest BCUT2D eigenvalue weighted by atomic mass is 10.1. The van der Waals surface area contributed by atoms with Crippen LogP contribution in [-0.4, -0.2) is 16.7 Å². The van der Waals surface area contributed by atoms with Crippen molar-refractivity contribution in [2.75, 3.05) is 6.61 Å². The van der Waals surface area contributed by atoms with Gasteiger partial charge in [0.1, 0.15) is 0 Å². The van der Waals surface area contributed by atoms with Crippen molar-refractivity contribution in [3.05, 3.63) is 29.6 Å². The smallest absolute Gasteiger partial charge is 0.0575 e. The highest BCUT2D eigenvalue weighted by atomic mass is 16.3. The van der Waals surface area contributed by atoms with E-state index in [0.29, 0.717) is 6.42 Å². The van der Waals surface area contributed by atoms with Crippen LogP contribution in [0.2, 0.25) is 0 Å². The van der Waals surface area contributed by atoms with Crippen molar-refractivity contribution in [1.29, 1.82) is 0 Å². The van der Waals surface area contributed by atoms with Crippen molar-refractivity contribution >= 4 is 0 Å². The molecule has 0 aliphatic heterocycles. The molecular formula is C9H14N2O. The lowest BCUT2D eigenvalue weighted by Gasteiger charge is -2.08. The monoisotopic (exact) mass is 166 g/mol. The molecular weight excluding hydrogens is 152 g/mol. The first-order valence-electron chi connectivity index (χ1n) is 4.04. The van der Waals surface area contributed by atoms with Crippen LogP contribution >= 0.6 is 0 Å². The molecule has 0 bridgehead atoms. The van der Waals surface area contributed by atoms with E-state index in [1.807, 2.05) is 25.1 Å². The summed E-state index contributed by atoms with van der Waals surface area (Å²) in [6, 6.07) is 5.59. The fourth-order valence-electron chi connectivity index (χ4n) is 1.06. The number of aromatic nitrogens is 1. The number of aliphatic hydroxyl groups is 1. The summed E-state index contributed by atoms with van der Waals surface area (Å²) >= 11 is 0. The van der Waals surface area contributed by atoms with Crippen molar-refractivity contribution in [3.63, 3.8) is 0 Å². The van der Waals surface area contributed by atoms with Crippen LogP contribution in [0.5, 0.6) is 0 Å². The minimum absolute atomic E-state index is 0.108. The third-order valence-electron chi connectivity index (χ3n) is 1.73. The highest BCUT2D eigenvalue weighted by Gasteiger charge is 2.05. The van der Waals surface area contributed by atoms with Gasteiger partial charge in [-0.2, -0.15) is 0 Å². The molecule has 0 saturated heterocycles. The van der Waals surface area contributed by atoms with Gasteiger partial charge in [-0.05, 0) is 25.5 Å². The Kier molecular flexibility index (Phi) is 3.19. The molecule has 1 rings (SSSR count).